The smallest absolute Gasteiger partial charge is 0.266 e. The molecule has 5 rings (SSSR count). The third kappa shape index (κ3) is 2.12. The van der Waals surface area contributed by atoms with Gasteiger partial charge in [0.05, 0.1) is 18.9 Å². The molecule has 0 N–H and O–H groups in total. The van der Waals surface area contributed by atoms with E-state index in [4.69, 9.17) is 19.0 Å². The van der Waals surface area contributed by atoms with Crippen molar-refractivity contribution in [2.24, 2.45) is 18.4 Å². The first-order valence-corrected chi connectivity index (χ1v) is 9.93. The predicted molar refractivity (Wildman–Crippen MR) is 98.1 cm³/mol. The van der Waals surface area contributed by atoms with Crippen LogP contribution in [0, 0.1) is 18.3 Å². The van der Waals surface area contributed by atoms with Crippen molar-refractivity contribution in [2.45, 2.75) is 64.6 Å². The minimum atomic E-state index is -0.449. The molecule has 2 atom stereocenters. The Morgan fingerprint density at radius 2 is 1.81 bits per heavy atom. The van der Waals surface area contributed by atoms with Gasteiger partial charge in [-0.1, -0.05) is 20.8 Å². The maximum Gasteiger partial charge on any atom is 0.266 e. The predicted octanol–water partition coefficient (Wildman–Crippen LogP) is 3.16. The molecular formula is C20H28N4O3. The maximum absolute atomic E-state index is 6.20. The molecule has 3 aliphatic rings. The standard InChI is InChI=1S/C20H28N4O3/c1-12-21-22-17(27-12)15-13-6-7-14-18(2,3)20(25-10-11-26-20)9-8-19(14,4)16(13)23-24(15)5/h14H,6-11H2,1-5H3/t14-,19?/m0/s1. The Labute approximate surface area is 159 Å². The normalized spacial score (nSPS) is 31.1. The largest absolute Gasteiger partial charge is 0.420 e. The molecular weight excluding hydrogens is 344 g/mol. The van der Waals surface area contributed by atoms with Gasteiger partial charge in [0.25, 0.3) is 5.89 Å². The lowest BCUT2D eigenvalue weighted by molar-refractivity contribution is -0.276. The summed E-state index contributed by atoms with van der Waals surface area (Å²) in [7, 11) is 1.98. The first-order chi connectivity index (χ1) is 12.8. The summed E-state index contributed by atoms with van der Waals surface area (Å²) in [6, 6.07) is 0. The number of rotatable bonds is 1. The number of nitrogens with zero attached hydrogens (tertiary/aromatic N) is 4. The molecule has 0 amide bonds. The second-order valence-corrected chi connectivity index (χ2v) is 9.11. The van der Waals surface area contributed by atoms with E-state index in [-0.39, 0.29) is 10.8 Å². The van der Waals surface area contributed by atoms with Crippen LogP contribution in [0.4, 0.5) is 0 Å². The van der Waals surface area contributed by atoms with Crippen molar-refractivity contribution in [3.8, 4) is 11.6 Å². The van der Waals surface area contributed by atoms with Crippen LogP contribution in [-0.4, -0.2) is 39.0 Å². The zero-order valence-corrected chi connectivity index (χ0v) is 16.8. The van der Waals surface area contributed by atoms with Gasteiger partial charge in [0, 0.05) is 36.8 Å². The molecule has 2 aromatic heterocycles. The highest BCUT2D eigenvalue weighted by molar-refractivity contribution is 5.58. The molecule has 1 saturated heterocycles. The minimum absolute atomic E-state index is 0.0112. The number of hydrogen-bond acceptors (Lipinski definition) is 6. The van der Waals surface area contributed by atoms with Crippen LogP contribution in [0.1, 0.15) is 57.2 Å². The van der Waals surface area contributed by atoms with E-state index < -0.39 is 5.79 Å². The second kappa shape index (κ2) is 5.41. The summed E-state index contributed by atoms with van der Waals surface area (Å²) in [5, 5.41) is 13.2. The number of aromatic nitrogens is 4. The zero-order chi connectivity index (χ0) is 19.0. The van der Waals surface area contributed by atoms with Crippen molar-refractivity contribution in [2.75, 3.05) is 13.2 Å². The van der Waals surface area contributed by atoms with Crippen LogP contribution in [0.2, 0.25) is 0 Å². The Morgan fingerprint density at radius 3 is 2.48 bits per heavy atom. The van der Waals surface area contributed by atoms with Gasteiger partial charge in [-0.2, -0.15) is 5.10 Å². The lowest BCUT2D eigenvalue weighted by Crippen LogP contribution is -2.61. The monoisotopic (exact) mass is 372 g/mol. The van der Waals surface area contributed by atoms with Crippen LogP contribution in [-0.2, 0) is 28.4 Å². The number of hydrogen-bond donors (Lipinski definition) is 0. The molecule has 2 aromatic rings. The van der Waals surface area contributed by atoms with E-state index in [0.29, 0.717) is 30.9 Å². The van der Waals surface area contributed by atoms with Crippen LogP contribution in [0.15, 0.2) is 4.42 Å². The topological polar surface area (TPSA) is 75.2 Å². The summed E-state index contributed by atoms with van der Waals surface area (Å²) in [6.07, 6.45) is 3.95. The summed E-state index contributed by atoms with van der Waals surface area (Å²) >= 11 is 0. The third-order valence-electron chi connectivity index (χ3n) is 7.45. The van der Waals surface area contributed by atoms with E-state index >= 15 is 0 Å². The summed E-state index contributed by atoms with van der Waals surface area (Å²) in [5.41, 5.74) is 3.33. The highest BCUT2D eigenvalue weighted by Crippen LogP contribution is 2.62. The molecule has 27 heavy (non-hydrogen) atoms. The van der Waals surface area contributed by atoms with Gasteiger partial charge in [0.1, 0.15) is 5.69 Å². The van der Waals surface area contributed by atoms with Crippen molar-refractivity contribution >= 4 is 0 Å². The van der Waals surface area contributed by atoms with Crippen LogP contribution >= 0.6 is 0 Å². The van der Waals surface area contributed by atoms with Crippen molar-refractivity contribution in [1.82, 2.24) is 20.0 Å². The highest BCUT2D eigenvalue weighted by Gasteiger charge is 2.64. The number of aryl methyl sites for hydroxylation is 2. The lowest BCUT2D eigenvalue weighted by Gasteiger charge is -2.59. The number of ether oxygens (including phenoxy) is 2. The molecule has 1 aliphatic heterocycles. The molecule has 0 bridgehead atoms. The Kier molecular flexibility index (Phi) is 3.48. The Bertz CT molecular complexity index is 893. The summed E-state index contributed by atoms with van der Waals surface area (Å²) < 4.78 is 20.1. The van der Waals surface area contributed by atoms with Gasteiger partial charge >= 0.3 is 0 Å². The van der Waals surface area contributed by atoms with Crippen molar-refractivity contribution in [1.29, 1.82) is 0 Å². The second-order valence-electron chi connectivity index (χ2n) is 9.11. The van der Waals surface area contributed by atoms with E-state index in [1.54, 1.807) is 0 Å². The molecule has 0 radical (unpaired) electrons. The molecule has 146 valence electrons. The molecule has 7 nitrogen and oxygen atoms in total. The van der Waals surface area contributed by atoms with Gasteiger partial charge in [-0.25, -0.2) is 0 Å². The molecule has 2 fully saturated rings. The Balaban J connectivity index is 1.61. The van der Waals surface area contributed by atoms with E-state index in [1.807, 2.05) is 18.7 Å². The summed E-state index contributed by atoms with van der Waals surface area (Å²) in [4.78, 5) is 0. The fourth-order valence-electron chi connectivity index (χ4n) is 6.13. The molecule has 7 heteroatoms. The maximum atomic E-state index is 6.20. The van der Waals surface area contributed by atoms with Gasteiger partial charge < -0.3 is 13.9 Å². The number of fused-ring (bicyclic) bond motifs is 3. The average Bonchev–Trinajstić information content (AvgIpc) is 3.31. The highest BCUT2D eigenvalue weighted by atomic mass is 16.7. The van der Waals surface area contributed by atoms with Crippen molar-refractivity contribution in [3.63, 3.8) is 0 Å². The lowest BCUT2D eigenvalue weighted by atomic mass is 9.49. The van der Waals surface area contributed by atoms with Gasteiger partial charge in [-0.3, -0.25) is 4.68 Å². The van der Waals surface area contributed by atoms with Crippen LogP contribution in [0.3, 0.4) is 0 Å². The molecule has 1 spiro atoms. The first-order valence-electron chi connectivity index (χ1n) is 9.93. The Morgan fingerprint density at radius 1 is 1.07 bits per heavy atom. The van der Waals surface area contributed by atoms with E-state index in [9.17, 15) is 0 Å². The minimum Gasteiger partial charge on any atom is -0.420 e. The molecule has 1 unspecified atom stereocenters. The van der Waals surface area contributed by atoms with Crippen LogP contribution in [0.25, 0.3) is 11.6 Å². The third-order valence-corrected chi connectivity index (χ3v) is 7.45. The summed E-state index contributed by atoms with van der Waals surface area (Å²) in [5.74, 6) is 1.14. The van der Waals surface area contributed by atoms with Crippen LogP contribution < -0.4 is 0 Å². The van der Waals surface area contributed by atoms with Gasteiger partial charge in [-0.05, 0) is 25.2 Å². The molecule has 2 aliphatic carbocycles. The van der Waals surface area contributed by atoms with Crippen molar-refractivity contribution in [3.05, 3.63) is 17.1 Å². The van der Waals surface area contributed by atoms with Gasteiger partial charge in [0.15, 0.2) is 5.79 Å². The fourth-order valence-corrected chi connectivity index (χ4v) is 6.13. The van der Waals surface area contributed by atoms with E-state index in [2.05, 4.69) is 31.0 Å². The van der Waals surface area contributed by atoms with Crippen molar-refractivity contribution < 1.29 is 13.9 Å². The first kappa shape index (κ1) is 17.4. The van der Waals surface area contributed by atoms with Gasteiger partial charge in [0.2, 0.25) is 5.89 Å². The summed E-state index contributed by atoms with van der Waals surface area (Å²) in [6.45, 7) is 10.2. The molecule has 3 heterocycles. The quantitative estimate of drug-likeness (QED) is 0.765. The van der Waals surface area contributed by atoms with E-state index in [1.165, 1.54) is 11.3 Å². The SMILES string of the molecule is Cc1nnc(-c2c3c(nn2C)C2(C)CCC4(OCCO4)C(C)(C)[C@@H]2CC3)o1. The van der Waals surface area contributed by atoms with E-state index in [0.717, 1.165) is 31.4 Å². The Hall–Kier alpha value is -1.73. The molecule has 1 saturated carbocycles. The fraction of sp³-hybridized carbons (Fsp3) is 0.750. The van der Waals surface area contributed by atoms with Crippen LogP contribution in [0.5, 0.6) is 0 Å². The van der Waals surface area contributed by atoms with Gasteiger partial charge in [-0.15, -0.1) is 10.2 Å². The molecule has 0 aromatic carbocycles. The average molecular weight is 372 g/mol. The zero-order valence-electron chi connectivity index (χ0n) is 16.8.